The highest BCUT2D eigenvalue weighted by molar-refractivity contribution is 5.93. The van der Waals surface area contributed by atoms with E-state index in [4.69, 9.17) is 0 Å². The Bertz CT molecular complexity index is 657. The van der Waals surface area contributed by atoms with Crippen molar-refractivity contribution >= 4 is 5.91 Å². The quantitative estimate of drug-likeness (QED) is 0.790. The number of aromatic amines is 1. The molecule has 1 aromatic heterocycles. The summed E-state index contributed by atoms with van der Waals surface area (Å²) in [6, 6.07) is 6.32. The van der Waals surface area contributed by atoms with E-state index in [0.29, 0.717) is 18.5 Å². The van der Waals surface area contributed by atoms with Crippen LogP contribution in [0.2, 0.25) is 0 Å². The van der Waals surface area contributed by atoms with E-state index in [-0.39, 0.29) is 11.7 Å². The zero-order chi connectivity index (χ0) is 16.3. The monoisotopic (exact) mass is 317 g/mol. The molecule has 2 atom stereocenters. The van der Waals surface area contributed by atoms with E-state index >= 15 is 0 Å². The summed E-state index contributed by atoms with van der Waals surface area (Å²) >= 11 is 0. The topological polar surface area (TPSA) is 78.0 Å². The van der Waals surface area contributed by atoms with Gasteiger partial charge in [-0.05, 0) is 37.0 Å². The van der Waals surface area contributed by atoms with E-state index in [9.17, 15) is 14.3 Å². The lowest BCUT2D eigenvalue weighted by Gasteiger charge is -2.33. The maximum Gasteiger partial charge on any atom is 0.254 e. The molecule has 0 radical (unpaired) electrons. The van der Waals surface area contributed by atoms with Crippen molar-refractivity contribution in [3.8, 4) is 0 Å². The van der Waals surface area contributed by atoms with Gasteiger partial charge >= 0.3 is 0 Å². The van der Waals surface area contributed by atoms with E-state index in [1.165, 1.54) is 24.5 Å². The van der Waals surface area contributed by atoms with Gasteiger partial charge in [0.05, 0.1) is 17.9 Å². The first kappa shape index (κ1) is 15.7. The molecule has 23 heavy (non-hydrogen) atoms. The molecule has 5 nitrogen and oxygen atoms in total. The number of carbonyl (C=O) groups is 1. The number of aromatic nitrogens is 2. The Kier molecular flexibility index (Phi) is 4.43. The summed E-state index contributed by atoms with van der Waals surface area (Å²) in [5, 5.41) is 19.7. The van der Waals surface area contributed by atoms with Gasteiger partial charge in [-0.3, -0.25) is 9.89 Å². The predicted molar refractivity (Wildman–Crippen MR) is 83.3 cm³/mol. The highest BCUT2D eigenvalue weighted by Gasteiger charge is 2.42. The number of aliphatic hydroxyl groups is 1. The van der Waals surface area contributed by atoms with Crippen LogP contribution in [0.3, 0.4) is 0 Å². The number of hydrogen-bond donors (Lipinski definition) is 3. The summed E-state index contributed by atoms with van der Waals surface area (Å²) in [5.41, 5.74) is 1.02. The lowest BCUT2D eigenvalue weighted by molar-refractivity contribution is 0.0500. The van der Waals surface area contributed by atoms with Crippen molar-refractivity contribution in [2.24, 2.45) is 5.41 Å². The molecule has 3 N–H and O–H groups in total. The van der Waals surface area contributed by atoms with Gasteiger partial charge in [-0.25, -0.2) is 4.39 Å². The van der Waals surface area contributed by atoms with Crippen LogP contribution in [0.25, 0.3) is 0 Å². The first-order valence-electron chi connectivity index (χ1n) is 7.79. The highest BCUT2D eigenvalue weighted by atomic mass is 19.1. The molecule has 1 amide bonds. The number of benzene rings is 1. The van der Waals surface area contributed by atoms with Crippen LogP contribution in [0.5, 0.6) is 0 Å². The number of nitrogens with zero attached hydrogens (tertiary/aromatic N) is 1. The maximum atomic E-state index is 13.1. The molecule has 2 aromatic rings. The smallest absolute Gasteiger partial charge is 0.254 e. The third-order valence-corrected chi connectivity index (χ3v) is 4.69. The van der Waals surface area contributed by atoms with Gasteiger partial charge < -0.3 is 10.4 Å². The Balaban J connectivity index is 1.72. The molecule has 2 unspecified atom stereocenters. The van der Waals surface area contributed by atoms with Crippen LogP contribution >= 0.6 is 0 Å². The molecule has 0 aliphatic heterocycles. The summed E-state index contributed by atoms with van der Waals surface area (Å²) < 4.78 is 13.1. The van der Waals surface area contributed by atoms with Gasteiger partial charge in [0.25, 0.3) is 5.91 Å². The third kappa shape index (κ3) is 3.42. The van der Waals surface area contributed by atoms with Crippen LogP contribution in [-0.2, 0) is 6.42 Å². The minimum atomic E-state index is -0.475. The van der Waals surface area contributed by atoms with Crippen molar-refractivity contribution in [3.63, 3.8) is 0 Å². The fourth-order valence-corrected chi connectivity index (χ4v) is 3.34. The zero-order valence-corrected chi connectivity index (χ0v) is 12.8. The minimum absolute atomic E-state index is 0.212. The molecular weight excluding hydrogens is 297 g/mol. The van der Waals surface area contributed by atoms with Crippen molar-refractivity contribution in [2.45, 2.75) is 31.8 Å². The third-order valence-electron chi connectivity index (χ3n) is 4.69. The van der Waals surface area contributed by atoms with Gasteiger partial charge in [0.2, 0.25) is 0 Å². The van der Waals surface area contributed by atoms with E-state index in [0.717, 1.165) is 24.8 Å². The average Bonchev–Trinajstić information content (AvgIpc) is 3.19. The van der Waals surface area contributed by atoms with Crippen LogP contribution in [-0.4, -0.2) is 33.9 Å². The molecule has 1 aliphatic carbocycles. The Morgan fingerprint density at radius 3 is 2.83 bits per heavy atom. The summed E-state index contributed by atoms with van der Waals surface area (Å²) in [4.78, 5) is 12.1. The van der Waals surface area contributed by atoms with Crippen LogP contribution in [0.1, 0.15) is 35.2 Å². The molecule has 3 rings (SSSR count). The normalized spacial score (nSPS) is 23.8. The van der Waals surface area contributed by atoms with Crippen LogP contribution in [0.4, 0.5) is 4.39 Å². The number of rotatable bonds is 5. The van der Waals surface area contributed by atoms with Crippen molar-refractivity contribution in [2.75, 3.05) is 6.54 Å². The first-order chi connectivity index (χ1) is 11.1. The molecule has 0 spiro atoms. The number of aliphatic hydroxyl groups excluding tert-OH is 1. The number of amides is 1. The predicted octanol–water partition coefficient (Wildman–Crippen LogP) is 2.05. The Labute approximate surface area is 133 Å². The van der Waals surface area contributed by atoms with Crippen molar-refractivity contribution < 1.29 is 14.3 Å². The first-order valence-corrected chi connectivity index (χ1v) is 7.79. The van der Waals surface area contributed by atoms with Crippen LogP contribution in [0.15, 0.2) is 36.7 Å². The number of carbonyl (C=O) groups excluding carboxylic acids is 1. The average molecular weight is 317 g/mol. The van der Waals surface area contributed by atoms with Crippen molar-refractivity contribution in [1.82, 2.24) is 15.5 Å². The Morgan fingerprint density at radius 1 is 1.43 bits per heavy atom. The second-order valence-electron chi connectivity index (χ2n) is 6.24. The van der Waals surface area contributed by atoms with Gasteiger partial charge in [-0.2, -0.15) is 5.10 Å². The van der Waals surface area contributed by atoms with Crippen LogP contribution in [0, 0.1) is 11.2 Å². The maximum absolute atomic E-state index is 13.1. The van der Waals surface area contributed by atoms with Crippen molar-refractivity contribution in [3.05, 3.63) is 53.6 Å². The molecule has 0 saturated heterocycles. The van der Waals surface area contributed by atoms with Gasteiger partial charge in [0.15, 0.2) is 0 Å². The van der Waals surface area contributed by atoms with Gasteiger partial charge in [-0.1, -0.05) is 18.6 Å². The molecule has 122 valence electrons. The van der Waals surface area contributed by atoms with E-state index in [1.54, 1.807) is 12.1 Å². The fourth-order valence-electron chi connectivity index (χ4n) is 3.34. The molecule has 1 saturated carbocycles. The highest BCUT2D eigenvalue weighted by Crippen LogP contribution is 2.40. The minimum Gasteiger partial charge on any atom is -0.392 e. The Morgan fingerprint density at radius 2 is 2.22 bits per heavy atom. The van der Waals surface area contributed by atoms with E-state index in [1.807, 2.05) is 0 Å². The second-order valence-corrected chi connectivity index (χ2v) is 6.24. The second kappa shape index (κ2) is 6.50. The zero-order valence-electron chi connectivity index (χ0n) is 12.8. The van der Waals surface area contributed by atoms with Gasteiger partial charge in [0.1, 0.15) is 5.82 Å². The molecular formula is C17H20FN3O2. The molecule has 0 bridgehead atoms. The Hall–Kier alpha value is -2.21. The molecule has 1 heterocycles. The summed E-state index contributed by atoms with van der Waals surface area (Å²) in [6.07, 6.45) is 5.61. The summed E-state index contributed by atoms with van der Waals surface area (Å²) in [7, 11) is 0. The summed E-state index contributed by atoms with van der Waals surface area (Å²) in [6.45, 7) is 0.384. The molecule has 1 aromatic carbocycles. The molecule has 1 fully saturated rings. The van der Waals surface area contributed by atoms with Gasteiger partial charge in [0, 0.05) is 18.2 Å². The van der Waals surface area contributed by atoms with E-state index in [2.05, 4.69) is 15.5 Å². The number of halogens is 1. The van der Waals surface area contributed by atoms with Gasteiger partial charge in [-0.15, -0.1) is 0 Å². The summed E-state index contributed by atoms with van der Waals surface area (Å²) in [5.74, 6) is -0.487. The van der Waals surface area contributed by atoms with Crippen LogP contribution < -0.4 is 5.32 Å². The number of H-pyrrole nitrogens is 1. The fraction of sp³-hybridized carbons (Fsp3) is 0.412. The van der Waals surface area contributed by atoms with E-state index < -0.39 is 11.5 Å². The standard InChI is InChI=1S/C17H20FN3O2/c18-14-5-3-12(4-6-14)8-17(7-1-2-15(17)22)11-19-16(23)13-9-20-21-10-13/h3-6,9-10,15,22H,1-2,7-8,11H2,(H,19,23)(H,20,21). The number of hydrogen-bond acceptors (Lipinski definition) is 3. The number of nitrogens with one attached hydrogen (secondary N) is 2. The molecule has 6 heteroatoms. The lowest BCUT2D eigenvalue weighted by atomic mass is 9.78. The molecule has 1 aliphatic rings. The SMILES string of the molecule is O=C(NCC1(Cc2ccc(F)cc2)CCCC1O)c1cn[nH]c1. The largest absolute Gasteiger partial charge is 0.392 e. The lowest BCUT2D eigenvalue weighted by Crippen LogP contribution is -2.44. The van der Waals surface area contributed by atoms with Crippen molar-refractivity contribution in [1.29, 1.82) is 0 Å².